The molecule has 0 aromatic carbocycles. The van der Waals surface area contributed by atoms with E-state index in [2.05, 4.69) is 55.6 Å². The van der Waals surface area contributed by atoms with Crippen LogP contribution in [0, 0.1) is 0 Å². The highest BCUT2D eigenvalue weighted by Gasteiger charge is 2.20. The van der Waals surface area contributed by atoms with Gasteiger partial charge in [0.15, 0.2) is 0 Å². The summed E-state index contributed by atoms with van der Waals surface area (Å²) in [7, 11) is 0. The van der Waals surface area contributed by atoms with E-state index in [9.17, 15) is 20.1 Å². The summed E-state index contributed by atoms with van der Waals surface area (Å²) in [5, 5.41) is 33.0. The maximum Gasteiger partial charge on any atom is 0.222 e. The number of hydrogen-bond acceptors (Lipinski definition) is 4. The van der Waals surface area contributed by atoms with Crippen LogP contribution in [-0.4, -0.2) is 46.1 Å². The highest BCUT2D eigenvalue weighted by atomic mass is 16.3. The molecule has 0 heterocycles. The summed E-state index contributed by atoms with van der Waals surface area (Å²) in [6.07, 6.45) is 49.7. The van der Waals surface area contributed by atoms with E-state index >= 15 is 0 Å². The number of amides is 1. The average Bonchev–Trinajstić information content (AvgIpc) is 3.09. The Hall–Kier alpha value is -1.69. The van der Waals surface area contributed by atoms with E-state index in [0.29, 0.717) is 6.42 Å². The zero-order valence-corrected chi connectivity index (χ0v) is 32.3. The molecule has 286 valence electrons. The average molecular weight is 688 g/mol. The number of allylic oxidation sites excluding steroid dienone is 7. The lowest BCUT2D eigenvalue weighted by atomic mass is 10.0. The number of aliphatic hydroxyl groups is 3. The Morgan fingerprint density at radius 3 is 1.43 bits per heavy atom. The van der Waals surface area contributed by atoms with Crippen molar-refractivity contribution in [1.29, 1.82) is 0 Å². The number of carbonyl (C=O) groups is 1. The molecule has 5 nitrogen and oxygen atoms in total. The zero-order chi connectivity index (χ0) is 35.9. The molecule has 0 aliphatic rings. The van der Waals surface area contributed by atoms with Crippen molar-refractivity contribution in [2.24, 2.45) is 0 Å². The SMILES string of the molecule is CCCCCCC/C=C/CC/C=C/C(O)C(CO)NC(=O)CC(O)CCCCCCCCC/C=C\C/C=C\CCCCCCCCCCC. The molecule has 0 aliphatic carbocycles. The minimum absolute atomic E-state index is 0.00120. The Morgan fingerprint density at radius 2 is 0.939 bits per heavy atom. The molecule has 0 aromatic heterocycles. The molecule has 4 N–H and O–H groups in total. The second-order valence-electron chi connectivity index (χ2n) is 14.2. The van der Waals surface area contributed by atoms with Crippen LogP contribution in [0.3, 0.4) is 0 Å². The van der Waals surface area contributed by atoms with Crippen LogP contribution in [0.4, 0.5) is 0 Å². The van der Waals surface area contributed by atoms with Crippen LogP contribution in [-0.2, 0) is 4.79 Å². The third-order valence-electron chi connectivity index (χ3n) is 9.34. The summed E-state index contributed by atoms with van der Waals surface area (Å²) in [5.41, 5.74) is 0. The molecule has 3 unspecified atom stereocenters. The molecule has 0 rings (SSSR count). The van der Waals surface area contributed by atoms with Gasteiger partial charge in [0.05, 0.1) is 31.3 Å². The lowest BCUT2D eigenvalue weighted by Gasteiger charge is -2.21. The van der Waals surface area contributed by atoms with Gasteiger partial charge in [-0.25, -0.2) is 0 Å². The fourth-order valence-electron chi connectivity index (χ4n) is 6.09. The number of unbranched alkanes of at least 4 members (excludes halogenated alkanes) is 22. The van der Waals surface area contributed by atoms with Crippen molar-refractivity contribution in [3.8, 4) is 0 Å². The van der Waals surface area contributed by atoms with E-state index in [1.165, 1.54) is 135 Å². The summed E-state index contributed by atoms with van der Waals surface area (Å²) in [6, 6.07) is -0.763. The van der Waals surface area contributed by atoms with Gasteiger partial charge in [-0.05, 0) is 64.2 Å². The van der Waals surface area contributed by atoms with Crippen molar-refractivity contribution >= 4 is 5.91 Å². The first kappa shape index (κ1) is 47.3. The minimum Gasteiger partial charge on any atom is -0.394 e. The number of aliphatic hydroxyl groups excluding tert-OH is 3. The van der Waals surface area contributed by atoms with E-state index in [-0.39, 0.29) is 18.9 Å². The Morgan fingerprint density at radius 1 is 0.531 bits per heavy atom. The second kappa shape index (κ2) is 39.1. The molecule has 0 bridgehead atoms. The van der Waals surface area contributed by atoms with E-state index < -0.39 is 18.2 Å². The minimum atomic E-state index is -0.953. The first-order valence-electron chi connectivity index (χ1n) is 20.9. The molecule has 1 amide bonds. The Kier molecular flexibility index (Phi) is 37.8. The van der Waals surface area contributed by atoms with E-state index in [1.807, 2.05) is 6.08 Å². The topological polar surface area (TPSA) is 89.8 Å². The van der Waals surface area contributed by atoms with Crippen LogP contribution in [0.2, 0.25) is 0 Å². The van der Waals surface area contributed by atoms with Crippen LogP contribution < -0.4 is 5.32 Å². The summed E-state index contributed by atoms with van der Waals surface area (Å²) < 4.78 is 0. The maximum absolute atomic E-state index is 12.4. The van der Waals surface area contributed by atoms with Crippen molar-refractivity contribution in [3.05, 3.63) is 48.6 Å². The van der Waals surface area contributed by atoms with Crippen LogP contribution in [0.1, 0.15) is 200 Å². The molecule has 0 aromatic rings. The summed E-state index contributed by atoms with van der Waals surface area (Å²) >= 11 is 0. The van der Waals surface area contributed by atoms with Gasteiger partial charge < -0.3 is 20.6 Å². The molecule has 0 saturated heterocycles. The van der Waals surface area contributed by atoms with Crippen LogP contribution in [0.25, 0.3) is 0 Å². The van der Waals surface area contributed by atoms with Gasteiger partial charge in [-0.15, -0.1) is 0 Å². The van der Waals surface area contributed by atoms with Crippen molar-refractivity contribution in [3.63, 3.8) is 0 Å². The largest absolute Gasteiger partial charge is 0.394 e. The molecular formula is C44H81NO4. The smallest absolute Gasteiger partial charge is 0.222 e. The fourth-order valence-corrected chi connectivity index (χ4v) is 6.09. The molecule has 0 spiro atoms. The van der Waals surface area contributed by atoms with Gasteiger partial charge in [-0.1, -0.05) is 178 Å². The highest BCUT2D eigenvalue weighted by Crippen LogP contribution is 2.14. The summed E-state index contributed by atoms with van der Waals surface area (Å²) in [4.78, 5) is 12.4. The number of carbonyl (C=O) groups excluding carboxylic acids is 1. The first-order valence-corrected chi connectivity index (χ1v) is 20.9. The maximum atomic E-state index is 12.4. The predicted molar refractivity (Wildman–Crippen MR) is 213 cm³/mol. The highest BCUT2D eigenvalue weighted by molar-refractivity contribution is 5.76. The van der Waals surface area contributed by atoms with Gasteiger partial charge in [0.1, 0.15) is 0 Å². The van der Waals surface area contributed by atoms with Crippen molar-refractivity contribution in [1.82, 2.24) is 5.32 Å². The van der Waals surface area contributed by atoms with Gasteiger partial charge >= 0.3 is 0 Å². The van der Waals surface area contributed by atoms with E-state index in [0.717, 1.165) is 38.5 Å². The lowest BCUT2D eigenvalue weighted by Crippen LogP contribution is -2.45. The van der Waals surface area contributed by atoms with Crippen molar-refractivity contribution in [2.75, 3.05) is 6.61 Å². The van der Waals surface area contributed by atoms with Gasteiger partial charge in [0.25, 0.3) is 0 Å². The molecule has 5 heteroatoms. The van der Waals surface area contributed by atoms with Gasteiger partial charge in [0, 0.05) is 0 Å². The quantitative estimate of drug-likeness (QED) is 0.0386. The molecule has 0 saturated carbocycles. The van der Waals surface area contributed by atoms with Crippen molar-refractivity contribution < 1.29 is 20.1 Å². The fraction of sp³-hybridized carbons (Fsp3) is 0.795. The molecular weight excluding hydrogens is 606 g/mol. The van der Waals surface area contributed by atoms with Crippen LogP contribution in [0.15, 0.2) is 48.6 Å². The van der Waals surface area contributed by atoms with Gasteiger partial charge in [-0.2, -0.15) is 0 Å². The molecule has 49 heavy (non-hydrogen) atoms. The molecule has 0 fully saturated rings. The normalized spacial score (nSPS) is 14.1. The zero-order valence-electron chi connectivity index (χ0n) is 32.3. The molecule has 3 atom stereocenters. The van der Waals surface area contributed by atoms with E-state index in [4.69, 9.17) is 0 Å². The third-order valence-corrected chi connectivity index (χ3v) is 9.34. The van der Waals surface area contributed by atoms with Crippen molar-refractivity contribution in [2.45, 2.75) is 218 Å². The van der Waals surface area contributed by atoms with Gasteiger partial charge in [0.2, 0.25) is 5.91 Å². The monoisotopic (exact) mass is 688 g/mol. The van der Waals surface area contributed by atoms with Gasteiger partial charge in [-0.3, -0.25) is 4.79 Å². The number of hydrogen-bond donors (Lipinski definition) is 4. The standard InChI is InChI=1S/C44H81NO4/c1-3-5-7-9-11-13-15-16-17-18-19-20-21-22-23-24-25-26-28-29-31-33-35-37-41(47)39-44(49)45-42(40-46)43(48)38-36-34-32-30-27-14-12-10-8-6-4-2/h19-20,22-23,27,30,36,38,41-43,46-48H,3-18,21,24-26,28-29,31-35,37,39-40H2,1-2H3,(H,45,49)/b20-19-,23-22-,30-27+,38-36+. The van der Waals surface area contributed by atoms with Crippen LogP contribution >= 0.6 is 0 Å². The molecule has 0 aliphatic heterocycles. The third kappa shape index (κ3) is 35.9. The number of nitrogens with one attached hydrogen (secondary N) is 1. The summed E-state index contributed by atoms with van der Waals surface area (Å²) in [6.45, 7) is 4.16. The Labute approximate surface area is 304 Å². The number of rotatable bonds is 37. The predicted octanol–water partition coefficient (Wildman–Crippen LogP) is 11.8. The first-order chi connectivity index (χ1) is 24.0. The second-order valence-corrected chi connectivity index (χ2v) is 14.2. The van der Waals surface area contributed by atoms with E-state index in [1.54, 1.807) is 6.08 Å². The Bertz CT molecular complexity index is 805. The lowest BCUT2D eigenvalue weighted by molar-refractivity contribution is -0.124. The van der Waals surface area contributed by atoms with Crippen LogP contribution in [0.5, 0.6) is 0 Å². The summed E-state index contributed by atoms with van der Waals surface area (Å²) in [5.74, 6) is -0.333. The Balaban J connectivity index is 3.69. The molecule has 0 radical (unpaired) electrons.